The SMILES string of the molecule is CC(=O)N[C@@H](CC(=O)O)C(=O)N[C@@H](CCC(=O)O)C(=O)N[C@H](C(=O)N[C@@H](CC(=O)O)C(=O)N[C@@H](Cc1cn(CCCC[n+]2ccc(/C=C/c3ccc(C(=C(c4ccccc4)c4ccccc4)c4ccccc4)cc3)cc2)nn1)C(N)=O)C(C)C.O=C([O-])C(F)(F)F. The molecule has 0 aliphatic rings. The maximum atomic E-state index is 13.7. The summed E-state index contributed by atoms with van der Waals surface area (Å²) < 4.78 is 35.2. The highest BCUT2D eigenvalue weighted by molar-refractivity contribution is 6.05. The van der Waals surface area contributed by atoms with Crippen LogP contribution in [-0.2, 0) is 67.5 Å². The van der Waals surface area contributed by atoms with Crippen molar-refractivity contribution in [3.05, 3.63) is 185 Å². The van der Waals surface area contributed by atoms with Crippen molar-refractivity contribution in [2.45, 2.75) is 115 Å². The Balaban J connectivity index is 0.00000202. The van der Waals surface area contributed by atoms with E-state index in [1.165, 1.54) is 13.8 Å². The lowest BCUT2D eigenvalue weighted by molar-refractivity contribution is -0.697. The molecular formula is C64H69F3N10O14. The van der Waals surface area contributed by atoms with E-state index in [9.17, 15) is 71.6 Å². The first kappa shape index (κ1) is 70.9. The highest BCUT2D eigenvalue weighted by Gasteiger charge is 2.35. The van der Waals surface area contributed by atoms with Gasteiger partial charge in [0.15, 0.2) is 12.4 Å². The Kier molecular flexibility index (Phi) is 27.0. The molecule has 0 fully saturated rings. The van der Waals surface area contributed by atoms with E-state index < -0.39 is 127 Å². The molecule has 0 aliphatic carbocycles. The zero-order chi connectivity index (χ0) is 66.8. The van der Waals surface area contributed by atoms with Gasteiger partial charge in [-0.1, -0.05) is 146 Å². The molecule has 91 heavy (non-hydrogen) atoms. The van der Waals surface area contributed by atoms with Crippen molar-refractivity contribution in [2.75, 3.05) is 0 Å². The molecule has 6 rings (SSSR count). The van der Waals surface area contributed by atoms with E-state index >= 15 is 0 Å². The summed E-state index contributed by atoms with van der Waals surface area (Å²) in [6.07, 6.45) is 2.80. The van der Waals surface area contributed by atoms with Crippen LogP contribution < -0.4 is 42.0 Å². The van der Waals surface area contributed by atoms with Crippen LogP contribution in [0.3, 0.4) is 0 Å². The lowest BCUT2D eigenvalue weighted by Crippen LogP contribution is -2.60. The van der Waals surface area contributed by atoms with Gasteiger partial charge in [0.25, 0.3) is 0 Å². The number of amides is 6. The number of carboxylic acids is 4. The van der Waals surface area contributed by atoms with E-state index in [0.717, 1.165) is 64.4 Å². The molecule has 24 nitrogen and oxygen atoms in total. The standard InChI is InChI=1S/C62H68N10O12.C2HF3O2/c1-39(2)57(68-59(81)48(27-28-52(74)75)65-60(82)50(36-53(76)77)64-40(3)73)62(84)67-51(37-54(78)79)61(83)66-49(58(63)80)35-47-38-72(70-69-47)32-14-13-31-71-33-29-42(30-34-71)22-21-41-23-25-46(26-24-41)56(45-19-11-6-12-20-45)55(43-15-7-4-8-16-43)44-17-9-5-10-18-44;3-2(4,5)1(6)7/h4-12,15-26,29-30,33-34,38-39,48-51,57H,13-14,27-28,31-32,35-37H2,1-3H3,(H9-,63,64,65,66,67,68,73,74,75,76,77,78,79,80,81,82,83,84);(H,6,7)/b22-21+;/t48-,49-,50-,51-,57-;/m0./s1. The van der Waals surface area contributed by atoms with Gasteiger partial charge >= 0.3 is 24.1 Å². The van der Waals surface area contributed by atoms with Crippen molar-refractivity contribution in [1.82, 2.24) is 41.6 Å². The summed E-state index contributed by atoms with van der Waals surface area (Å²) in [5.74, 6) is -14.3. The Morgan fingerprint density at radius 2 is 1.03 bits per heavy atom. The van der Waals surface area contributed by atoms with E-state index in [2.05, 4.69) is 151 Å². The quantitative estimate of drug-likeness (QED) is 0.0171. The van der Waals surface area contributed by atoms with E-state index in [1.54, 1.807) is 10.9 Å². The number of aryl methyl sites for hydroxylation is 2. The monoisotopic (exact) mass is 1260 g/mol. The average Bonchev–Trinajstić information content (AvgIpc) is 1.24. The summed E-state index contributed by atoms with van der Waals surface area (Å²) in [6, 6.07) is 36.0. The first-order valence-corrected chi connectivity index (χ1v) is 28.5. The van der Waals surface area contributed by atoms with Crippen LogP contribution in [0.2, 0.25) is 0 Å². The molecule has 10 N–H and O–H groups in total. The second-order valence-corrected chi connectivity index (χ2v) is 21.0. The van der Waals surface area contributed by atoms with Gasteiger partial charge in [-0.05, 0) is 63.3 Å². The molecule has 0 spiro atoms. The molecule has 2 heterocycles. The number of benzene rings is 4. The molecule has 2 aromatic heterocycles. The number of primary amides is 1. The Hall–Kier alpha value is -10.9. The second-order valence-electron chi connectivity index (χ2n) is 21.0. The summed E-state index contributed by atoms with van der Waals surface area (Å²) in [5, 5.41) is 56.7. The number of nitrogens with one attached hydrogen (secondary N) is 5. The number of pyridine rings is 1. The molecule has 480 valence electrons. The normalized spacial score (nSPS) is 12.7. The van der Waals surface area contributed by atoms with Gasteiger partial charge in [0, 0.05) is 51.1 Å². The molecule has 0 bridgehead atoms. The minimum Gasteiger partial charge on any atom is -0.542 e. The highest BCUT2D eigenvalue weighted by Crippen LogP contribution is 2.37. The molecule has 0 saturated heterocycles. The van der Waals surface area contributed by atoms with Gasteiger partial charge in [-0.2, -0.15) is 13.2 Å². The molecule has 6 amide bonds. The van der Waals surface area contributed by atoms with Crippen LogP contribution in [0.15, 0.2) is 146 Å². The summed E-state index contributed by atoms with van der Waals surface area (Å²) in [7, 11) is 0. The lowest BCUT2D eigenvalue weighted by atomic mass is 9.85. The number of carboxylic acid groups (broad SMARTS) is 4. The lowest BCUT2D eigenvalue weighted by Gasteiger charge is -2.28. The van der Waals surface area contributed by atoms with Crippen molar-refractivity contribution in [2.24, 2.45) is 11.7 Å². The molecule has 4 aromatic carbocycles. The van der Waals surface area contributed by atoms with Crippen LogP contribution in [0.25, 0.3) is 23.3 Å². The number of aliphatic carboxylic acids is 4. The van der Waals surface area contributed by atoms with Crippen molar-refractivity contribution in [3.63, 3.8) is 0 Å². The van der Waals surface area contributed by atoms with Crippen LogP contribution in [-0.4, -0.2) is 126 Å². The number of unbranched alkanes of at least 4 members (excludes halogenated alkanes) is 1. The number of carbonyl (C=O) groups excluding carboxylic acids is 7. The van der Waals surface area contributed by atoms with Gasteiger partial charge in [0.1, 0.15) is 42.7 Å². The Morgan fingerprint density at radius 3 is 1.47 bits per heavy atom. The third kappa shape index (κ3) is 23.6. The highest BCUT2D eigenvalue weighted by atomic mass is 19.4. The molecule has 0 saturated carbocycles. The zero-order valence-electron chi connectivity index (χ0n) is 49.7. The third-order valence-corrected chi connectivity index (χ3v) is 13.6. The predicted molar refractivity (Wildman–Crippen MR) is 321 cm³/mol. The minimum absolute atomic E-state index is 0.239. The summed E-state index contributed by atoms with van der Waals surface area (Å²) in [6.45, 7) is 5.19. The maximum Gasteiger partial charge on any atom is 0.430 e. The van der Waals surface area contributed by atoms with Gasteiger partial charge in [0.2, 0.25) is 35.4 Å². The van der Waals surface area contributed by atoms with Crippen molar-refractivity contribution in [1.29, 1.82) is 0 Å². The number of hydrogen-bond acceptors (Lipinski definition) is 13. The Bertz CT molecular complexity index is 3490. The number of rotatable bonds is 31. The van der Waals surface area contributed by atoms with Crippen LogP contribution in [0, 0.1) is 5.92 Å². The first-order chi connectivity index (χ1) is 43.2. The van der Waals surface area contributed by atoms with E-state index in [0.29, 0.717) is 13.0 Å². The van der Waals surface area contributed by atoms with Crippen LogP contribution >= 0.6 is 0 Å². The fourth-order valence-electron chi connectivity index (χ4n) is 9.09. The first-order valence-electron chi connectivity index (χ1n) is 28.5. The number of alkyl halides is 3. The van der Waals surface area contributed by atoms with E-state index in [1.807, 2.05) is 42.7 Å². The Morgan fingerprint density at radius 1 is 0.593 bits per heavy atom. The fraction of sp³-hybridized carbons (Fsp3) is 0.297. The molecule has 6 aromatic rings. The zero-order valence-corrected chi connectivity index (χ0v) is 49.7. The molecule has 0 aliphatic heterocycles. The van der Waals surface area contributed by atoms with Gasteiger partial charge in [0.05, 0.1) is 18.5 Å². The smallest absolute Gasteiger partial charge is 0.430 e. The largest absolute Gasteiger partial charge is 0.542 e. The van der Waals surface area contributed by atoms with Crippen molar-refractivity contribution >= 4 is 82.6 Å². The van der Waals surface area contributed by atoms with Gasteiger partial charge in [-0.25, -0.2) is 4.57 Å². The predicted octanol–water partition coefficient (Wildman–Crippen LogP) is 3.46. The van der Waals surface area contributed by atoms with Gasteiger partial charge in [-0.15, -0.1) is 5.10 Å². The summed E-state index contributed by atoms with van der Waals surface area (Å²) in [4.78, 5) is 122. The summed E-state index contributed by atoms with van der Waals surface area (Å²) in [5.41, 5.74) is 14.8. The van der Waals surface area contributed by atoms with Gasteiger partial charge < -0.3 is 57.5 Å². The van der Waals surface area contributed by atoms with Crippen LogP contribution in [0.5, 0.6) is 0 Å². The molecular weight excluding hydrogens is 1190 g/mol. The number of aromatic nitrogens is 4. The topological polar surface area (TPSA) is 375 Å². The molecule has 27 heteroatoms. The van der Waals surface area contributed by atoms with E-state index in [4.69, 9.17) is 15.6 Å². The molecule has 0 unspecified atom stereocenters. The van der Waals surface area contributed by atoms with E-state index in [-0.39, 0.29) is 12.1 Å². The molecule has 0 radical (unpaired) electrons. The fourth-order valence-corrected chi connectivity index (χ4v) is 9.09. The average molecular weight is 1260 g/mol. The number of halogens is 3. The number of nitrogens with two attached hydrogens (primary N) is 1. The van der Waals surface area contributed by atoms with Crippen LogP contribution in [0.4, 0.5) is 13.2 Å². The van der Waals surface area contributed by atoms with Crippen molar-refractivity contribution < 1.29 is 86.1 Å². The second kappa shape index (κ2) is 34.6. The molecule has 5 atom stereocenters. The minimum atomic E-state index is -5.19. The third-order valence-electron chi connectivity index (χ3n) is 13.6. The summed E-state index contributed by atoms with van der Waals surface area (Å²) >= 11 is 0. The number of carbonyl (C=O) groups is 10. The number of hydrogen-bond donors (Lipinski definition) is 9. The van der Waals surface area contributed by atoms with Gasteiger partial charge in [-0.3, -0.25) is 47.8 Å². The van der Waals surface area contributed by atoms with Crippen molar-refractivity contribution in [3.8, 4) is 0 Å². The Labute approximate surface area is 520 Å². The van der Waals surface area contributed by atoms with Crippen LogP contribution in [0.1, 0.15) is 98.4 Å². The number of nitrogens with zero attached hydrogens (tertiary/aromatic N) is 4. The maximum absolute atomic E-state index is 13.7.